The molecular formula is C40H49ClN6O5S. The minimum Gasteiger partial charge on any atom is -0.490 e. The van der Waals surface area contributed by atoms with Gasteiger partial charge in [0.05, 0.1) is 24.2 Å². The van der Waals surface area contributed by atoms with E-state index >= 15 is 0 Å². The molecule has 2 aromatic carbocycles. The fourth-order valence-electron chi connectivity index (χ4n) is 9.14. The quantitative estimate of drug-likeness (QED) is 0.289. The van der Waals surface area contributed by atoms with Crippen LogP contribution in [0.5, 0.6) is 5.75 Å². The molecule has 3 aliphatic carbocycles. The number of fused-ring (bicyclic) bond motifs is 4. The molecule has 53 heavy (non-hydrogen) atoms. The Morgan fingerprint density at radius 1 is 1.17 bits per heavy atom. The van der Waals surface area contributed by atoms with Gasteiger partial charge in [-0.15, -0.1) is 4.36 Å². The highest BCUT2D eigenvalue weighted by Crippen LogP contribution is 2.47. The number of hydrogen-bond acceptors (Lipinski definition) is 7. The molecule has 3 aromatic rings. The van der Waals surface area contributed by atoms with Crippen LogP contribution >= 0.6 is 11.6 Å². The average molecular weight is 761 g/mol. The van der Waals surface area contributed by atoms with Crippen molar-refractivity contribution >= 4 is 39.1 Å². The third kappa shape index (κ3) is 7.34. The second-order valence-electron chi connectivity index (χ2n) is 15.9. The topological polar surface area (TPSA) is 127 Å². The van der Waals surface area contributed by atoms with E-state index in [4.69, 9.17) is 21.1 Å². The number of allylic oxidation sites excluding steroid dienone is 1. The maximum Gasteiger partial charge on any atom is 0.327 e. The summed E-state index contributed by atoms with van der Waals surface area (Å²) in [5.74, 6) is 0.805. The van der Waals surface area contributed by atoms with Crippen molar-refractivity contribution in [1.82, 2.24) is 19.8 Å². The molecule has 2 N–H and O–H groups in total. The summed E-state index contributed by atoms with van der Waals surface area (Å²) in [5.41, 5.74) is 4.44. The molecule has 2 aliphatic heterocycles. The second kappa shape index (κ2) is 14.4. The molecule has 5 aliphatic rings. The van der Waals surface area contributed by atoms with Crippen LogP contribution in [0.15, 0.2) is 65.2 Å². The van der Waals surface area contributed by atoms with E-state index < -0.39 is 21.9 Å². The number of ether oxygens (including phenoxy) is 2. The number of urea groups is 1. The Labute approximate surface area is 317 Å². The molecule has 13 heteroatoms. The van der Waals surface area contributed by atoms with Crippen molar-refractivity contribution in [2.75, 3.05) is 37.5 Å². The molecule has 2 saturated carbocycles. The van der Waals surface area contributed by atoms with Crippen LogP contribution in [0.4, 0.5) is 10.5 Å². The fourth-order valence-corrected chi connectivity index (χ4v) is 11.2. The van der Waals surface area contributed by atoms with Crippen molar-refractivity contribution in [2.45, 2.75) is 75.3 Å². The molecule has 11 nitrogen and oxygen atoms in total. The first-order valence-corrected chi connectivity index (χ1v) is 20.9. The van der Waals surface area contributed by atoms with Crippen molar-refractivity contribution in [3.63, 3.8) is 0 Å². The molecule has 3 amide bonds. The zero-order valence-corrected chi connectivity index (χ0v) is 32.2. The average Bonchev–Trinajstić information content (AvgIpc) is 3.76. The Kier molecular flexibility index (Phi) is 9.82. The van der Waals surface area contributed by atoms with Crippen LogP contribution in [0.25, 0.3) is 0 Å². The first-order chi connectivity index (χ1) is 25.5. The van der Waals surface area contributed by atoms with Gasteiger partial charge in [-0.3, -0.25) is 14.2 Å². The second-order valence-corrected chi connectivity index (χ2v) is 18.3. The van der Waals surface area contributed by atoms with E-state index in [0.717, 1.165) is 68.0 Å². The molecule has 282 valence electrons. The van der Waals surface area contributed by atoms with Gasteiger partial charge in [0, 0.05) is 67.1 Å². The summed E-state index contributed by atoms with van der Waals surface area (Å²) in [6, 6.07) is 12.8. The van der Waals surface area contributed by atoms with Gasteiger partial charge < -0.3 is 19.7 Å². The van der Waals surface area contributed by atoms with E-state index in [2.05, 4.69) is 48.7 Å². The number of aromatic nitrogens is 2. The summed E-state index contributed by atoms with van der Waals surface area (Å²) in [7, 11) is 0.127. The van der Waals surface area contributed by atoms with Gasteiger partial charge in [0.1, 0.15) is 15.7 Å². The summed E-state index contributed by atoms with van der Waals surface area (Å²) in [6.45, 7) is 3.97. The number of halogens is 1. The standard InChI is InChI=1S/C40H49ClN6O5S/c1-25-6-4-8-36(51-3)30-12-9-28(30)21-47-23-40(16-5-7-26-18-29(41)11-13-32(26)40)24-52-37-14-10-27(19-35(37)47)38(48)44-53(50,22-25)45-39(49)43-33-20-31(33)34-15-17-42-46(34)2/h4,8,10-11,13-15,17-19,25,28,30-31,33,36H,5-7,9,12,16,20-24H2,1-3H3,(H2,43,44,45,48,49,50)/b8-4-/t25-,28-,30+,31+,33+,36-,40-,53?/m0/s1. The van der Waals surface area contributed by atoms with Crippen molar-refractivity contribution in [3.05, 3.63) is 88.2 Å². The molecule has 1 spiro atoms. The number of methoxy groups -OCH3 is 1. The third-order valence-corrected chi connectivity index (χ3v) is 14.3. The molecule has 1 aromatic heterocycles. The van der Waals surface area contributed by atoms with Crippen LogP contribution in [-0.2, 0) is 33.5 Å². The SMILES string of the molecule is CO[C@H]1/C=C\C[C@H](C)CS(=O)(NC(=O)N[C@@H]2C[C@H]2c2ccnn2C)=NC(=O)c2ccc3c(c2)N(C[C@@H]2CC[C@H]21)C[C@@]1(CCCc2cc(Cl)ccc21)CO3. The van der Waals surface area contributed by atoms with Crippen LogP contribution in [0.3, 0.4) is 0 Å². The maximum absolute atomic E-state index is 14.6. The molecule has 8 atom stereocenters. The van der Waals surface area contributed by atoms with E-state index in [0.29, 0.717) is 36.2 Å². The third-order valence-electron chi connectivity index (χ3n) is 12.1. The summed E-state index contributed by atoms with van der Waals surface area (Å²) < 4.78 is 36.0. The van der Waals surface area contributed by atoms with Crippen LogP contribution in [0.2, 0.25) is 5.02 Å². The van der Waals surface area contributed by atoms with E-state index in [1.54, 1.807) is 24.1 Å². The molecule has 2 bridgehead atoms. The highest BCUT2D eigenvalue weighted by molar-refractivity contribution is 7.92. The lowest BCUT2D eigenvalue weighted by Gasteiger charge is -2.46. The number of anilines is 1. The zero-order chi connectivity index (χ0) is 36.9. The zero-order valence-electron chi connectivity index (χ0n) is 30.6. The van der Waals surface area contributed by atoms with Crippen molar-refractivity contribution in [1.29, 1.82) is 0 Å². The largest absolute Gasteiger partial charge is 0.490 e. The number of carbonyl (C=O) groups excluding carboxylic acids is 2. The summed E-state index contributed by atoms with van der Waals surface area (Å²) >= 11 is 6.47. The minimum atomic E-state index is -3.51. The van der Waals surface area contributed by atoms with Gasteiger partial charge in [-0.2, -0.15) is 5.10 Å². The number of nitrogens with one attached hydrogen (secondary N) is 2. The van der Waals surface area contributed by atoms with Crippen molar-refractivity contribution in [2.24, 2.45) is 29.2 Å². The Balaban J connectivity index is 1.13. The number of carbonyl (C=O) groups is 2. The first-order valence-electron chi connectivity index (χ1n) is 18.9. The number of benzene rings is 2. The Morgan fingerprint density at radius 3 is 2.81 bits per heavy atom. The number of nitrogens with zero attached hydrogens (tertiary/aromatic N) is 4. The lowest BCUT2D eigenvalue weighted by atomic mass is 9.68. The number of hydrogen-bond donors (Lipinski definition) is 2. The smallest absolute Gasteiger partial charge is 0.327 e. The lowest BCUT2D eigenvalue weighted by molar-refractivity contribution is 0.0131. The van der Waals surface area contributed by atoms with Gasteiger partial charge in [0.15, 0.2) is 0 Å². The van der Waals surface area contributed by atoms with Gasteiger partial charge in [-0.1, -0.05) is 36.7 Å². The van der Waals surface area contributed by atoms with Crippen LogP contribution in [0, 0.1) is 17.8 Å². The van der Waals surface area contributed by atoms with E-state index in [-0.39, 0.29) is 35.1 Å². The molecule has 8 rings (SSSR count). The first kappa shape index (κ1) is 36.1. The summed E-state index contributed by atoms with van der Waals surface area (Å²) in [6.07, 6.45) is 12.4. The Bertz CT molecular complexity index is 2060. The van der Waals surface area contributed by atoms with Gasteiger partial charge in [-0.05, 0) is 110 Å². The van der Waals surface area contributed by atoms with Gasteiger partial charge >= 0.3 is 6.03 Å². The van der Waals surface area contributed by atoms with Crippen molar-refractivity contribution < 1.29 is 23.3 Å². The number of rotatable bonds is 4. The predicted octanol–water partition coefficient (Wildman–Crippen LogP) is 6.56. The highest BCUT2D eigenvalue weighted by atomic mass is 35.5. The lowest BCUT2D eigenvalue weighted by Crippen LogP contribution is -2.49. The molecule has 0 radical (unpaired) electrons. The predicted molar refractivity (Wildman–Crippen MR) is 206 cm³/mol. The summed E-state index contributed by atoms with van der Waals surface area (Å²) in [4.78, 5) is 29.8. The van der Waals surface area contributed by atoms with E-state index in [1.807, 2.05) is 38.2 Å². The van der Waals surface area contributed by atoms with Gasteiger partial charge in [-0.25, -0.2) is 9.00 Å². The Morgan fingerprint density at radius 2 is 2.04 bits per heavy atom. The molecular weight excluding hydrogens is 712 g/mol. The summed E-state index contributed by atoms with van der Waals surface area (Å²) in [5, 5.41) is 7.93. The highest BCUT2D eigenvalue weighted by Gasteiger charge is 2.45. The molecule has 2 fully saturated rings. The van der Waals surface area contributed by atoms with Gasteiger partial charge in [0.2, 0.25) is 0 Å². The van der Waals surface area contributed by atoms with Crippen LogP contribution in [-0.4, -0.2) is 70.6 Å². The number of aryl methyl sites for hydroxylation is 2. The van der Waals surface area contributed by atoms with Crippen molar-refractivity contribution in [3.8, 4) is 5.75 Å². The minimum absolute atomic E-state index is 0.0160. The molecule has 0 saturated heterocycles. The van der Waals surface area contributed by atoms with Crippen LogP contribution < -0.4 is 19.7 Å². The number of amides is 3. The fraction of sp³-hybridized carbons (Fsp3) is 0.525. The maximum atomic E-state index is 14.6. The molecule has 1 unspecified atom stereocenters. The Hall–Kier alpha value is -3.87. The van der Waals surface area contributed by atoms with Gasteiger partial charge in [0.25, 0.3) is 5.91 Å². The van der Waals surface area contributed by atoms with E-state index in [1.165, 1.54) is 11.1 Å². The normalized spacial score (nSPS) is 32.9. The molecule has 3 heterocycles. The van der Waals surface area contributed by atoms with Crippen LogP contribution in [0.1, 0.15) is 78.5 Å². The van der Waals surface area contributed by atoms with E-state index in [9.17, 15) is 13.8 Å². The monoisotopic (exact) mass is 760 g/mol.